The van der Waals surface area contributed by atoms with E-state index in [-0.39, 0.29) is 17.7 Å². The SMILES string of the molecule is O=C(NCCN1CCc2ccccc2C1)C1CC1c1ccc(C(F)(F)F)cc1. The molecule has 2 aromatic carbocycles. The number of hydrogen-bond acceptors (Lipinski definition) is 2. The normalized spacial score (nSPS) is 21.8. The second-order valence-corrected chi connectivity index (χ2v) is 7.65. The van der Waals surface area contributed by atoms with Crippen molar-refractivity contribution in [3.8, 4) is 0 Å². The third kappa shape index (κ3) is 4.22. The molecule has 0 bridgehead atoms. The number of rotatable bonds is 5. The summed E-state index contributed by atoms with van der Waals surface area (Å²) in [7, 11) is 0. The molecule has 1 amide bonds. The minimum Gasteiger partial charge on any atom is -0.355 e. The molecule has 1 saturated carbocycles. The average Bonchev–Trinajstić information content (AvgIpc) is 3.48. The van der Waals surface area contributed by atoms with E-state index in [9.17, 15) is 18.0 Å². The van der Waals surface area contributed by atoms with Gasteiger partial charge < -0.3 is 5.32 Å². The molecular weight excluding hydrogens is 365 g/mol. The fraction of sp³-hybridized carbons (Fsp3) is 0.409. The summed E-state index contributed by atoms with van der Waals surface area (Å²) in [5.74, 6) is -0.0923. The van der Waals surface area contributed by atoms with Crippen LogP contribution in [0, 0.1) is 5.92 Å². The van der Waals surface area contributed by atoms with Crippen molar-refractivity contribution in [2.45, 2.75) is 31.5 Å². The van der Waals surface area contributed by atoms with E-state index in [1.165, 1.54) is 23.3 Å². The zero-order valence-corrected chi connectivity index (χ0v) is 15.5. The van der Waals surface area contributed by atoms with E-state index in [0.29, 0.717) is 13.0 Å². The maximum absolute atomic E-state index is 12.6. The monoisotopic (exact) mass is 388 g/mol. The largest absolute Gasteiger partial charge is 0.416 e. The maximum Gasteiger partial charge on any atom is 0.416 e. The van der Waals surface area contributed by atoms with Crippen LogP contribution in [-0.2, 0) is 23.9 Å². The molecule has 148 valence electrons. The minimum absolute atomic E-state index is 0.00214. The Balaban J connectivity index is 1.23. The quantitative estimate of drug-likeness (QED) is 0.840. The van der Waals surface area contributed by atoms with Gasteiger partial charge >= 0.3 is 6.18 Å². The van der Waals surface area contributed by atoms with Crippen molar-refractivity contribution < 1.29 is 18.0 Å². The molecule has 0 spiro atoms. The highest BCUT2D eigenvalue weighted by molar-refractivity contribution is 5.82. The number of amides is 1. The number of benzene rings is 2. The molecule has 1 heterocycles. The maximum atomic E-state index is 12.6. The van der Waals surface area contributed by atoms with Gasteiger partial charge in [-0.05, 0) is 47.6 Å². The third-order valence-electron chi connectivity index (χ3n) is 5.73. The molecule has 2 atom stereocenters. The highest BCUT2D eigenvalue weighted by atomic mass is 19.4. The van der Waals surface area contributed by atoms with E-state index in [2.05, 4.69) is 34.5 Å². The van der Waals surface area contributed by atoms with E-state index < -0.39 is 11.7 Å². The molecule has 2 aliphatic rings. The van der Waals surface area contributed by atoms with E-state index >= 15 is 0 Å². The molecule has 1 N–H and O–H groups in total. The standard InChI is InChI=1S/C22H23F3N2O/c23-22(24,25)18-7-5-16(6-8-18)19-13-20(19)21(28)26-10-12-27-11-9-15-3-1-2-4-17(15)14-27/h1-8,19-20H,9-14H2,(H,26,28). The van der Waals surface area contributed by atoms with Crippen molar-refractivity contribution >= 4 is 5.91 Å². The van der Waals surface area contributed by atoms with Crippen molar-refractivity contribution in [3.05, 3.63) is 70.8 Å². The second-order valence-electron chi connectivity index (χ2n) is 7.65. The molecule has 1 aliphatic carbocycles. The molecular formula is C22H23F3N2O. The lowest BCUT2D eigenvalue weighted by atomic mass is 10.00. The Bertz CT molecular complexity index is 848. The lowest BCUT2D eigenvalue weighted by molar-refractivity contribution is -0.137. The topological polar surface area (TPSA) is 32.3 Å². The molecule has 2 aromatic rings. The number of hydrogen-bond donors (Lipinski definition) is 1. The lowest BCUT2D eigenvalue weighted by Gasteiger charge is -2.28. The summed E-state index contributed by atoms with van der Waals surface area (Å²) in [5, 5.41) is 2.99. The zero-order chi connectivity index (χ0) is 19.7. The summed E-state index contributed by atoms with van der Waals surface area (Å²) in [6.07, 6.45) is -2.59. The van der Waals surface area contributed by atoms with Gasteiger partial charge in [-0.15, -0.1) is 0 Å². The Hall–Kier alpha value is -2.34. The summed E-state index contributed by atoms with van der Waals surface area (Å²) < 4.78 is 37.9. The molecule has 0 radical (unpaired) electrons. The van der Waals surface area contributed by atoms with Gasteiger partial charge in [-0.2, -0.15) is 13.2 Å². The highest BCUT2D eigenvalue weighted by Gasteiger charge is 2.44. The van der Waals surface area contributed by atoms with Crippen LogP contribution in [0.2, 0.25) is 0 Å². The van der Waals surface area contributed by atoms with Crippen LogP contribution in [0.25, 0.3) is 0 Å². The fourth-order valence-electron chi connectivity index (χ4n) is 3.99. The van der Waals surface area contributed by atoms with Crippen molar-refractivity contribution in [1.29, 1.82) is 0 Å². The van der Waals surface area contributed by atoms with Crippen LogP contribution in [0.1, 0.15) is 34.6 Å². The second kappa shape index (κ2) is 7.59. The van der Waals surface area contributed by atoms with Gasteiger partial charge in [0.2, 0.25) is 5.91 Å². The summed E-state index contributed by atoms with van der Waals surface area (Å²) >= 11 is 0. The smallest absolute Gasteiger partial charge is 0.355 e. The summed E-state index contributed by atoms with van der Waals surface area (Å²) in [4.78, 5) is 14.7. The van der Waals surface area contributed by atoms with E-state index in [4.69, 9.17) is 0 Å². The number of carbonyl (C=O) groups excluding carboxylic acids is 1. The number of nitrogens with zero attached hydrogens (tertiary/aromatic N) is 1. The molecule has 0 aromatic heterocycles. The van der Waals surface area contributed by atoms with Gasteiger partial charge in [0.05, 0.1) is 5.56 Å². The Kier molecular flexibility index (Phi) is 5.15. The van der Waals surface area contributed by atoms with Crippen molar-refractivity contribution in [1.82, 2.24) is 10.2 Å². The Morgan fingerprint density at radius 1 is 1.07 bits per heavy atom. The summed E-state index contributed by atoms with van der Waals surface area (Å²) in [5.41, 5.74) is 2.91. The molecule has 28 heavy (non-hydrogen) atoms. The van der Waals surface area contributed by atoms with Gasteiger partial charge in [0.25, 0.3) is 0 Å². The highest BCUT2D eigenvalue weighted by Crippen LogP contribution is 2.47. The summed E-state index contributed by atoms with van der Waals surface area (Å²) in [6.45, 7) is 3.29. The summed E-state index contributed by atoms with van der Waals surface area (Å²) in [6, 6.07) is 13.6. The van der Waals surface area contributed by atoms with Gasteiger partial charge in [-0.1, -0.05) is 36.4 Å². The fourth-order valence-corrected chi connectivity index (χ4v) is 3.99. The molecule has 0 saturated heterocycles. The van der Waals surface area contributed by atoms with Crippen LogP contribution in [-0.4, -0.2) is 30.4 Å². The lowest BCUT2D eigenvalue weighted by Crippen LogP contribution is -2.38. The van der Waals surface area contributed by atoms with Crippen LogP contribution in [0.5, 0.6) is 0 Å². The number of fused-ring (bicyclic) bond motifs is 1. The van der Waals surface area contributed by atoms with E-state index in [0.717, 1.165) is 43.8 Å². The van der Waals surface area contributed by atoms with Crippen LogP contribution >= 0.6 is 0 Å². The van der Waals surface area contributed by atoms with Crippen molar-refractivity contribution in [2.24, 2.45) is 5.92 Å². The molecule has 6 heteroatoms. The van der Waals surface area contributed by atoms with Gasteiger partial charge in [0.1, 0.15) is 0 Å². The van der Waals surface area contributed by atoms with E-state index in [1.807, 2.05) is 0 Å². The van der Waals surface area contributed by atoms with Crippen LogP contribution in [0.15, 0.2) is 48.5 Å². The first-order valence-electron chi connectivity index (χ1n) is 9.66. The minimum atomic E-state index is -4.33. The number of nitrogens with one attached hydrogen (secondary N) is 1. The van der Waals surface area contributed by atoms with Gasteiger partial charge in [0.15, 0.2) is 0 Å². The van der Waals surface area contributed by atoms with Gasteiger partial charge in [-0.25, -0.2) is 0 Å². The van der Waals surface area contributed by atoms with Crippen LogP contribution in [0.3, 0.4) is 0 Å². The van der Waals surface area contributed by atoms with E-state index in [1.54, 1.807) is 0 Å². The number of halogens is 3. The molecule has 1 fully saturated rings. The Labute approximate surface area is 162 Å². The predicted octanol–water partition coefficient (Wildman–Crippen LogP) is 3.98. The molecule has 2 unspecified atom stereocenters. The first-order valence-corrected chi connectivity index (χ1v) is 9.66. The van der Waals surface area contributed by atoms with Gasteiger partial charge in [0, 0.05) is 32.1 Å². The third-order valence-corrected chi connectivity index (χ3v) is 5.73. The van der Waals surface area contributed by atoms with Gasteiger partial charge in [-0.3, -0.25) is 9.69 Å². The number of carbonyl (C=O) groups is 1. The Morgan fingerprint density at radius 3 is 2.50 bits per heavy atom. The zero-order valence-electron chi connectivity index (χ0n) is 15.5. The first kappa shape index (κ1) is 19.0. The molecule has 4 rings (SSSR count). The number of alkyl halides is 3. The Morgan fingerprint density at radius 2 is 1.79 bits per heavy atom. The average molecular weight is 388 g/mol. The molecule has 1 aliphatic heterocycles. The molecule has 3 nitrogen and oxygen atoms in total. The van der Waals surface area contributed by atoms with Crippen molar-refractivity contribution in [2.75, 3.05) is 19.6 Å². The predicted molar refractivity (Wildman–Crippen MR) is 101 cm³/mol. The van der Waals surface area contributed by atoms with Crippen molar-refractivity contribution in [3.63, 3.8) is 0 Å². The van der Waals surface area contributed by atoms with Crippen LogP contribution < -0.4 is 5.32 Å². The van der Waals surface area contributed by atoms with Crippen LogP contribution in [0.4, 0.5) is 13.2 Å². The first-order chi connectivity index (χ1) is 13.4.